The smallest absolute Gasteiger partial charge is 0.335 e. The molecule has 8 nitrogen and oxygen atoms in total. The number of barbiturate groups is 1. The molecule has 4 rings (SSSR count). The maximum atomic E-state index is 13.4. The molecule has 1 fully saturated rings. The summed E-state index contributed by atoms with van der Waals surface area (Å²) in [5.41, 5.74) is 1.11. The molecule has 0 unspecified atom stereocenters. The van der Waals surface area contributed by atoms with Gasteiger partial charge in [0, 0.05) is 15.6 Å². The van der Waals surface area contributed by atoms with Gasteiger partial charge < -0.3 is 14.2 Å². The van der Waals surface area contributed by atoms with Crippen LogP contribution in [0.25, 0.3) is 6.08 Å². The molecule has 0 bridgehead atoms. The van der Waals surface area contributed by atoms with Crippen molar-refractivity contribution in [1.29, 1.82) is 0 Å². The standard InChI is InChI=1S/C30H27Cl3N2O6/c1-3-5-12-40-22-10-8-21(9-11-22)35-29(37)23(28(36)34-30(35)38)13-18-14-25(33)27(26(15-18)39-4-2)41-17-19-6-7-20(31)16-24(19)32/h6-11,13-16H,3-5,12,17H2,1-2H3,(H,34,36,38)/b23-13-. The maximum Gasteiger partial charge on any atom is 0.335 e. The quantitative estimate of drug-likeness (QED) is 0.136. The highest BCUT2D eigenvalue weighted by atomic mass is 35.5. The summed E-state index contributed by atoms with van der Waals surface area (Å²) in [7, 11) is 0. The second-order valence-electron chi connectivity index (χ2n) is 8.94. The van der Waals surface area contributed by atoms with Crippen LogP contribution in [0.15, 0.2) is 60.2 Å². The van der Waals surface area contributed by atoms with E-state index < -0.39 is 17.8 Å². The molecule has 0 aliphatic carbocycles. The fourth-order valence-corrected chi connectivity index (χ4v) is 4.68. The largest absolute Gasteiger partial charge is 0.494 e. The van der Waals surface area contributed by atoms with Crippen LogP contribution in [0.3, 0.4) is 0 Å². The van der Waals surface area contributed by atoms with Gasteiger partial charge in [-0.1, -0.05) is 54.2 Å². The van der Waals surface area contributed by atoms with Crippen molar-refractivity contribution in [3.8, 4) is 17.2 Å². The summed E-state index contributed by atoms with van der Waals surface area (Å²) in [6, 6.07) is 13.8. The number of amides is 4. The lowest BCUT2D eigenvalue weighted by molar-refractivity contribution is -0.122. The van der Waals surface area contributed by atoms with E-state index in [2.05, 4.69) is 12.2 Å². The summed E-state index contributed by atoms with van der Waals surface area (Å²) in [5.74, 6) is -0.447. The van der Waals surface area contributed by atoms with Crippen molar-refractivity contribution >= 4 is 64.4 Å². The van der Waals surface area contributed by atoms with E-state index in [-0.39, 0.29) is 28.6 Å². The molecule has 4 amide bonds. The number of carbonyl (C=O) groups excluding carboxylic acids is 3. The van der Waals surface area contributed by atoms with Gasteiger partial charge in [0.05, 0.1) is 23.9 Å². The topological polar surface area (TPSA) is 94.2 Å². The molecule has 1 aliphatic heterocycles. The van der Waals surface area contributed by atoms with E-state index in [4.69, 9.17) is 49.0 Å². The van der Waals surface area contributed by atoms with E-state index in [1.165, 1.54) is 12.1 Å². The lowest BCUT2D eigenvalue weighted by atomic mass is 10.1. The second-order valence-corrected chi connectivity index (χ2v) is 10.2. The second kappa shape index (κ2) is 13.8. The van der Waals surface area contributed by atoms with Gasteiger partial charge in [0.25, 0.3) is 11.8 Å². The van der Waals surface area contributed by atoms with Gasteiger partial charge in [-0.05, 0) is 73.5 Å². The van der Waals surface area contributed by atoms with Crippen LogP contribution in [0.2, 0.25) is 15.1 Å². The number of ether oxygens (including phenoxy) is 3. The number of rotatable bonds is 11. The predicted octanol–water partition coefficient (Wildman–Crippen LogP) is 7.47. The Labute approximate surface area is 252 Å². The molecule has 1 heterocycles. The summed E-state index contributed by atoms with van der Waals surface area (Å²) >= 11 is 18.8. The number of halogens is 3. The van der Waals surface area contributed by atoms with Crippen LogP contribution in [0.4, 0.5) is 10.5 Å². The number of imide groups is 2. The molecule has 41 heavy (non-hydrogen) atoms. The number of carbonyl (C=O) groups is 3. The lowest BCUT2D eigenvalue weighted by Gasteiger charge is -2.26. The molecule has 0 radical (unpaired) electrons. The van der Waals surface area contributed by atoms with Gasteiger partial charge in [-0.15, -0.1) is 0 Å². The number of nitrogens with zero attached hydrogens (tertiary/aromatic N) is 1. The van der Waals surface area contributed by atoms with Gasteiger partial charge in [-0.3, -0.25) is 14.9 Å². The third kappa shape index (κ3) is 7.33. The zero-order chi connectivity index (χ0) is 29.5. The minimum Gasteiger partial charge on any atom is -0.494 e. The molecule has 1 aliphatic rings. The molecule has 0 aromatic heterocycles. The number of benzene rings is 3. The Morgan fingerprint density at radius 1 is 0.878 bits per heavy atom. The number of nitrogens with one attached hydrogen (secondary N) is 1. The Morgan fingerprint density at radius 3 is 2.32 bits per heavy atom. The molecular formula is C30H27Cl3N2O6. The van der Waals surface area contributed by atoms with Crippen molar-refractivity contribution in [2.45, 2.75) is 33.3 Å². The molecule has 11 heteroatoms. The Bertz CT molecular complexity index is 1490. The van der Waals surface area contributed by atoms with E-state index in [0.29, 0.717) is 45.9 Å². The highest BCUT2D eigenvalue weighted by Crippen LogP contribution is 2.38. The first-order valence-electron chi connectivity index (χ1n) is 12.9. The normalized spacial score (nSPS) is 14.3. The number of hydrogen-bond acceptors (Lipinski definition) is 6. The molecule has 214 valence electrons. The average Bonchev–Trinajstić information content (AvgIpc) is 2.92. The Hall–Kier alpha value is -3.72. The summed E-state index contributed by atoms with van der Waals surface area (Å²) < 4.78 is 17.3. The number of urea groups is 1. The lowest BCUT2D eigenvalue weighted by Crippen LogP contribution is -2.54. The molecule has 0 spiro atoms. The molecule has 0 atom stereocenters. The van der Waals surface area contributed by atoms with E-state index in [1.807, 2.05) is 0 Å². The van der Waals surface area contributed by atoms with E-state index in [1.54, 1.807) is 55.5 Å². The summed E-state index contributed by atoms with van der Waals surface area (Å²) in [6.07, 6.45) is 3.24. The van der Waals surface area contributed by atoms with Crippen molar-refractivity contribution in [2.24, 2.45) is 0 Å². The van der Waals surface area contributed by atoms with Crippen LogP contribution in [0.5, 0.6) is 17.2 Å². The number of hydrogen-bond donors (Lipinski definition) is 1. The zero-order valence-corrected chi connectivity index (χ0v) is 24.6. The van der Waals surface area contributed by atoms with Crippen molar-refractivity contribution in [1.82, 2.24) is 5.32 Å². The summed E-state index contributed by atoms with van der Waals surface area (Å²) in [6.45, 7) is 4.81. The number of unbranched alkanes of at least 4 members (excludes halogenated alkanes) is 1. The van der Waals surface area contributed by atoms with Gasteiger partial charge in [-0.25, -0.2) is 9.69 Å². The van der Waals surface area contributed by atoms with Crippen molar-refractivity contribution in [2.75, 3.05) is 18.1 Å². The van der Waals surface area contributed by atoms with Gasteiger partial charge in [0.1, 0.15) is 17.9 Å². The zero-order valence-electron chi connectivity index (χ0n) is 22.3. The Morgan fingerprint density at radius 2 is 1.63 bits per heavy atom. The minimum absolute atomic E-state index is 0.0939. The van der Waals surface area contributed by atoms with Crippen molar-refractivity contribution < 1.29 is 28.6 Å². The van der Waals surface area contributed by atoms with Gasteiger partial charge in [-0.2, -0.15) is 0 Å². The fourth-order valence-electron chi connectivity index (χ4n) is 3.95. The predicted molar refractivity (Wildman–Crippen MR) is 159 cm³/mol. The van der Waals surface area contributed by atoms with Crippen LogP contribution < -0.4 is 24.4 Å². The molecule has 1 saturated heterocycles. The van der Waals surface area contributed by atoms with E-state index >= 15 is 0 Å². The summed E-state index contributed by atoms with van der Waals surface area (Å²) in [5, 5.41) is 3.34. The first kappa shape index (κ1) is 30.2. The van der Waals surface area contributed by atoms with Crippen LogP contribution in [0.1, 0.15) is 37.8 Å². The van der Waals surface area contributed by atoms with Crippen LogP contribution in [-0.2, 0) is 16.2 Å². The van der Waals surface area contributed by atoms with E-state index in [0.717, 1.165) is 17.7 Å². The first-order chi connectivity index (χ1) is 19.7. The Balaban J connectivity index is 1.59. The fraction of sp³-hybridized carbons (Fsp3) is 0.233. The summed E-state index contributed by atoms with van der Waals surface area (Å²) in [4.78, 5) is 39.6. The molecule has 3 aromatic carbocycles. The average molecular weight is 618 g/mol. The number of anilines is 1. The SMILES string of the molecule is CCCCOc1ccc(N2C(=O)NC(=O)/C(=C/c3cc(Cl)c(OCc4ccc(Cl)cc4Cl)c(OCC)c3)C2=O)cc1. The monoisotopic (exact) mass is 616 g/mol. The van der Waals surface area contributed by atoms with Crippen LogP contribution in [0, 0.1) is 0 Å². The minimum atomic E-state index is -0.852. The van der Waals surface area contributed by atoms with Crippen LogP contribution >= 0.6 is 34.8 Å². The first-order valence-corrected chi connectivity index (χ1v) is 14.0. The molecular weight excluding hydrogens is 591 g/mol. The van der Waals surface area contributed by atoms with Crippen molar-refractivity contribution in [3.05, 3.63) is 86.4 Å². The van der Waals surface area contributed by atoms with Crippen molar-refractivity contribution in [3.63, 3.8) is 0 Å². The maximum absolute atomic E-state index is 13.4. The molecule has 1 N–H and O–H groups in total. The highest BCUT2D eigenvalue weighted by molar-refractivity contribution is 6.39. The third-order valence-corrected chi connectivity index (χ3v) is 6.86. The van der Waals surface area contributed by atoms with Gasteiger partial charge >= 0.3 is 6.03 Å². The van der Waals surface area contributed by atoms with Crippen LogP contribution in [-0.4, -0.2) is 31.1 Å². The highest BCUT2D eigenvalue weighted by Gasteiger charge is 2.37. The van der Waals surface area contributed by atoms with Gasteiger partial charge in [0.15, 0.2) is 11.5 Å². The third-order valence-electron chi connectivity index (χ3n) is 5.99. The molecule has 0 saturated carbocycles. The van der Waals surface area contributed by atoms with Gasteiger partial charge in [0.2, 0.25) is 0 Å². The Kier molecular flexibility index (Phi) is 10.2. The van der Waals surface area contributed by atoms with E-state index in [9.17, 15) is 14.4 Å². The molecule has 3 aromatic rings.